The van der Waals surface area contributed by atoms with Crippen LogP contribution in [0.1, 0.15) is 35.6 Å². The summed E-state index contributed by atoms with van der Waals surface area (Å²) < 4.78 is 18.9. The van der Waals surface area contributed by atoms with E-state index in [1.165, 1.54) is 35.2 Å². The van der Waals surface area contributed by atoms with Crippen molar-refractivity contribution in [3.8, 4) is 11.8 Å². The fourth-order valence-electron chi connectivity index (χ4n) is 4.74. The molecule has 0 saturated carbocycles. The van der Waals surface area contributed by atoms with Gasteiger partial charge in [0.25, 0.3) is 5.69 Å². The van der Waals surface area contributed by atoms with Crippen LogP contribution in [0.4, 0.5) is 25.4 Å². The maximum Gasteiger partial charge on any atom is 0.424 e. The lowest BCUT2D eigenvalue weighted by atomic mass is 9.92. The lowest BCUT2D eigenvalue weighted by molar-refractivity contribution is -0.384. The Morgan fingerprint density at radius 3 is 2.44 bits per heavy atom. The number of non-ortho nitro benzene ring substituents is 1. The summed E-state index contributed by atoms with van der Waals surface area (Å²) >= 11 is 0. The number of allylic oxidation sites excluding steroid dienone is 1. The number of nitriles is 1. The fraction of sp³-hybridized carbons (Fsp3) is 0.143. The van der Waals surface area contributed by atoms with Gasteiger partial charge in [-0.3, -0.25) is 19.8 Å². The number of nitro benzene ring substituents is 1. The molecule has 0 spiro atoms. The second-order valence-corrected chi connectivity index (χ2v) is 8.83. The smallest absolute Gasteiger partial charge is 0.410 e. The molecule has 0 bridgehead atoms. The van der Waals surface area contributed by atoms with Crippen molar-refractivity contribution in [3.63, 3.8) is 0 Å². The molecule has 0 fully saturated rings. The van der Waals surface area contributed by atoms with Crippen molar-refractivity contribution >= 4 is 29.3 Å². The van der Waals surface area contributed by atoms with Gasteiger partial charge >= 0.3 is 12.1 Å². The van der Waals surface area contributed by atoms with E-state index in [2.05, 4.69) is 0 Å². The number of hydrogen-bond donors (Lipinski definition) is 0. The monoisotopic (exact) mass is 526 g/mol. The lowest BCUT2D eigenvalue weighted by Crippen LogP contribution is -2.53. The zero-order chi connectivity index (χ0) is 27.7. The van der Waals surface area contributed by atoms with Crippen LogP contribution in [0, 0.1) is 21.4 Å². The van der Waals surface area contributed by atoms with Crippen molar-refractivity contribution < 1.29 is 28.4 Å². The number of nitrogens with zero attached hydrogens (tertiary/aromatic N) is 4. The molecule has 10 nitrogen and oxygen atoms in total. The van der Waals surface area contributed by atoms with E-state index in [0.29, 0.717) is 22.4 Å². The number of nitro groups is 1. The molecule has 0 aromatic heterocycles. The average Bonchev–Trinajstić information content (AvgIpc) is 3.33. The number of hydrogen-bond acceptors (Lipinski definition) is 7. The van der Waals surface area contributed by atoms with E-state index < -0.39 is 29.8 Å². The van der Waals surface area contributed by atoms with Crippen LogP contribution in [0.25, 0.3) is 0 Å². The van der Waals surface area contributed by atoms with E-state index in [-0.39, 0.29) is 41.3 Å². The maximum atomic E-state index is 14.0. The van der Waals surface area contributed by atoms with Gasteiger partial charge in [0.1, 0.15) is 18.5 Å². The van der Waals surface area contributed by atoms with Gasteiger partial charge in [-0.25, -0.2) is 18.9 Å². The number of benzene rings is 3. The van der Waals surface area contributed by atoms with Gasteiger partial charge < -0.3 is 4.74 Å². The number of Topliss-reactive ketones (excluding diaryl/α,β-unsaturated/α-hetero) is 1. The summed E-state index contributed by atoms with van der Waals surface area (Å²) in [6, 6.07) is 17.0. The van der Waals surface area contributed by atoms with Gasteiger partial charge in [-0.05, 0) is 53.9 Å². The van der Waals surface area contributed by atoms with Crippen LogP contribution in [0.3, 0.4) is 0 Å². The van der Waals surface area contributed by atoms with Crippen molar-refractivity contribution in [2.24, 2.45) is 0 Å². The normalized spacial score (nSPS) is 16.7. The molecule has 3 aromatic carbocycles. The molecule has 1 aliphatic carbocycles. The van der Waals surface area contributed by atoms with Crippen molar-refractivity contribution in [2.45, 2.75) is 25.6 Å². The number of ketones is 1. The Labute approximate surface area is 221 Å². The van der Waals surface area contributed by atoms with Crippen LogP contribution in [-0.4, -0.2) is 27.7 Å². The van der Waals surface area contributed by atoms with Crippen molar-refractivity contribution in [1.82, 2.24) is 4.90 Å². The molecular weight excluding hydrogens is 507 g/mol. The van der Waals surface area contributed by atoms with E-state index in [0.717, 1.165) is 17.0 Å². The van der Waals surface area contributed by atoms with Gasteiger partial charge in [0.05, 0.1) is 22.2 Å². The second kappa shape index (κ2) is 10.2. The number of rotatable bonds is 5. The number of carbonyl (C=O) groups is 3. The Bertz CT molecular complexity index is 1580. The van der Waals surface area contributed by atoms with E-state index in [1.807, 2.05) is 6.07 Å². The van der Waals surface area contributed by atoms with Crippen LogP contribution in [0.5, 0.6) is 5.75 Å². The highest BCUT2D eigenvalue weighted by Crippen LogP contribution is 2.45. The Morgan fingerprint density at radius 1 is 1.08 bits per heavy atom. The minimum Gasteiger partial charge on any atom is -0.410 e. The van der Waals surface area contributed by atoms with Gasteiger partial charge in [-0.1, -0.05) is 24.3 Å². The van der Waals surface area contributed by atoms with Crippen LogP contribution < -0.4 is 9.64 Å². The third-order valence-electron chi connectivity index (χ3n) is 6.53. The SMILES string of the molecule is N#Cc1ccc(C2C3=C(CCC3=O)N(c3cccc(CF)c3)C(=O)N2C(=O)Oc2ccc([N+](=O)[O-])cc2)cc1. The zero-order valence-electron chi connectivity index (χ0n) is 20.2. The highest BCUT2D eigenvalue weighted by Gasteiger charge is 2.49. The highest BCUT2D eigenvalue weighted by atomic mass is 19.1. The van der Waals surface area contributed by atoms with E-state index in [4.69, 9.17) is 4.74 Å². The summed E-state index contributed by atoms with van der Waals surface area (Å²) in [5.74, 6) is -0.327. The molecule has 1 atom stereocenters. The quantitative estimate of drug-likeness (QED) is 0.306. The highest BCUT2D eigenvalue weighted by molar-refractivity contribution is 6.12. The molecule has 1 unspecified atom stereocenters. The van der Waals surface area contributed by atoms with E-state index in [9.17, 15) is 34.2 Å². The molecule has 1 heterocycles. The third kappa shape index (κ3) is 4.59. The molecule has 3 aromatic rings. The number of halogens is 1. The predicted molar refractivity (Wildman–Crippen MR) is 135 cm³/mol. The number of ether oxygens (including phenoxy) is 1. The van der Waals surface area contributed by atoms with Crippen molar-refractivity contribution in [3.05, 3.63) is 111 Å². The zero-order valence-corrected chi connectivity index (χ0v) is 20.2. The molecule has 5 rings (SSSR count). The molecular formula is C28H19FN4O6. The number of imide groups is 1. The third-order valence-corrected chi connectivity index (χ3v) is 6.53. The summed E-state index contributed by atoms with van der Waals surface area (Å²) in [4.78, 5) is 53.2. The van der Waals surface area contributed by atoms with Crippen LogP contribution in [-0.2, 0) is 11.5 Å². The van der Waals surface area contributed by atoms with Gasteiger partial charge in [-0.15, -0.1) is 0 Å². The Hall–Kier alpha value is -5.37. The number of anilines is 1. The number of carbonyl (C=O) groups excluding carboxylic acids is 3. The second-order valence-electron chi connectivity index (χ2n) is 8.83. The van der Waals surface area contributed by atoms with Gasteiger partial charge in [0.15, 0.2) is 5.78 Å². The van der Waals surface area contributed by atoms with Crippen LogP contribution >= 0.6 is 0 Å². The Balaban J connectivity index is 1.63. The summed E-state index contributed by atoms with van der Waals surface area (Å²) in [7, 11) is 0. The molecule has 194 valence electrons. The summed E-state index contributed by atoms with van der Waals surface area (Å²) in [6.45, 7) is -0.777. The molecule has 11 heteroatoms. The molecule has 0 radical (unpaired) electrons. The summed E-state index contributed by atoms with van der Waals surface area (Å²) in [5, 5.41) is 20.2. The van der Waals surface area contributed by atoms with Gasteiger partial charge in [-0.2, -0.15) is 5.26 Å². The van der Waals surface area contributed by atoms with Crippen LogP contribution in [0.2, 0.25) is 0 Å². The van der Waals surface area contributed by atoms with Crippen LogP contribution in [0.15, 0.2) is 84.1 Å². The van der Waals surface area contributed by atoms with Gasteiger partial charge in [0.2, 0.25) is 0 Å². The standard InChI is InChI=1S/C28H19FN4O6/c29-15-18-2-1-3-21(14-18)31-23-12-13-24(34)25(23)26(19-6-4-17(16-30)5-7-19)32(27(31)35)28(36)39-22-10-8-20(9-11-22)33(37)38/h1-11,14,26H,12-13,15H2. The van der Waals surface area contributed by atoms with E-state index >= 15 is 0 Å². The molecule has 0 N–H and O–H groups in total. The molecule has 39 heavy (non-hydrogen) atoms. The number of alkyl halides is 1. The molecule has 2 aliphatic rings. The topological polar surface area (TPSA) is 134 Å². The molecule has 1 aliphatic heterocycles. The van der Waals surface area contributed by atoms with Crippen molar-refractivity contribution in [1.29, 1.82) is 5.26 Å². The minimum absolute atomic E-state index is 0.0551. The first kappa shape index (κ1) is 25.3. The maximum absolute atomic E-state index is 14.0. The molecule has 3 amide bonds. The van der Waals surface area contributed by atoms with Crippen molar-refractivity contribution in [2.75, 3.05) is 4.90 Å². The number of amides is 3. The predicted octanol–water partition coefficient (Wildman–Crippen LogP) is 5.74. The Morgan fingerprint density at radius 2 is 1.79 bits per heavy atom. The summed E-state index contributed by atoms with van der Waals surface area (Å²) in [5.41, 5.74) is 1.73. The lowest BCUT2D eigenvalue weighted by Gasteiger charge is -2.40. The number of urea groups is 1. The first-order valence-electron chi connectivity index (χ1n) is 11.8. The molecule has 0 saturated heterocycles. The first-order valence-corrected chi connectivity index (χ1v) is 11.8. The van der Waals surface area contributed by atoms with E-state index in [1.54, 1.807) is 30.3 Å². The Kier molecular flexibility index (Phi) is 6.60. The van der Waals surface area contributed by atoms with Gasteiger partial charge in [0, 0.05) is 29.8 Å². The average molecular weight is 526 g/mol. The summed E-state index contributed by atoms with van der Waals surface area (Å²) in [6.07, 6.45) is -0.784. The first-order chi connectivity index (χ1) is 18.8. The largest absolute Gasteiger partial charge is 0.424 e. The minimum atomic E-state index is -1.15. The fourth-order valence-corrected chi connectivity index (χ4v) is 4.74.